The van der Waals surface area contributed by atoms with Crippen molar-refractivity contribution in [3.05, 3.63) is 58.9 Å². The van der Waals surface area contributed by atoms with E-state index >= 15 is 0 Å². The zero-order valence-electron chi connectivity index (χ0n) is 17.9. The molecule has 0 radical (unpaired) electrons. The van der Waals surface area contributed by atoms with Gasteiger partial charge in [-0.25, -0.2) is 4.39 Å². The number of nitrogens with zero attached hydrogens (tertiary/aromatic N) is 1. The molecule has 0 unspecified atom stereocenters. The number of hydrogen-bond donors (Lipinski definition) is 1. The molecule has 3 atom stereocenters. The topological polar surface area (TPSA) is 67.9 Å². The van der Waals surface area contributed by atoms with Crippen LogP contribution in [0.15, 0.2) is 36.4 Å². The Labute approximate surface area is 176 Å². The van der Waals surface area contributed by atoms with E-state index in [1.54, 1.807) is 37.4 Å². The number of benzene rings is 2. The van der Waals surface area contributed by atoms with Gasteiger partial charge in [-0.3, -0.25) is 9.59 Å². The molecule has 0 saturated heterocycles. The second-order valence-electron chi connectivity index (χ2n) is 7.47. The fourth-order valence-electron chi connectivity index (χ4n) is 3.87. The second-order valence-corrected chi connectivity index (χ2v) is 7.47. The van der Waals surface area contributed by atoms with Gasteiger partial charge in [0.25, 0.3) is 5.91 Å². The van der Waals surface area contributed by atoms with Gasteiger partial charge in [0, 0.05) is 24.2 Å². The van der Waals surface area contributed by atoms with E-state index in [1.807, 2.05) is 13.8 Å². The minimum Gasteiger partial charge on any atom is -0.493 e. The van der Waals surface area contributed by atoms with E-state index in [9.17, 15) is 14.0 Å². The molecule has 160 valence electrons. The Bertz CT molecular complexity index is 962. The van der Waals surface area contributed by atoms with Gasteiger partial charge in [0.05, 0.1) is 26.2 Å². The largest absolute Gasteiger partial charge is 0.493 e. The van der Waals surface area contributed by atoms with Gasteiger partial charge in [-0.05, 0) is 37.1 Å². The molecule has 30 heavy (non-hydrogen) atoms. The van der Waals surface area contributed by atoms with Gasteiger partial charge in [0.1, 0.15) is 5.82 Å². The normalized spacial score (nSPS) is 19.1. The number of nitrogens with one attached hydrogen (secondary N) is 1. The van der Waals surface area contributed by atoms with Crippen LogP contribution in [-0.2, 0) is 4.79 Å². The molecular weight excluding hydrogens is 387 g/mol. The van der Waals surface area contributed by atoms with Gasteiger partial charge in [0.15, 0.2) is 11.5 Å². The molecule has 3 rings (SSSR count). The summed E-state index contributed by atoms with van der Waals surface area (Å²) < 4.78 is 25.5. The summed E-state index contributed by atoms with van der Waals surface area (Å²) in [6.07, 6.45) is 0.746. The van der Waals surface area contributed by atoms with Crippen LogP contribution in [0.5, 0.6) is 11.5 Å². The highest BCUT2D eigenvalue weighted by Gasteiger charge is 2.44. The number of amides is 2. The van der Waals surface area contributed by atoms with Crippen molar-refractivity contribution >= 4 is 11.8 Å². The highest BCUT2D eigenvalue weighted by molar-refractivity contribution is 6.02. The second kappa shape index (κ2) is 8.73. The lowest BCUT2D eigenvalue weighted by Crippen LogP contribution is -2.47. The molecule has 1 aliphatic heterocycles. The van der Waals surface area contributed by atoms with Crippen molar-refractivity contribution in [2.75, 3.05) is 21.3 Å². The van der Waals surface area contributed by atoms with Crippen molar-refractivity contribution in [2.45, 2.75) is 38.3 Å². The summed E-state index contributed by atoms with van der Waals surface area (Å²) >= 11 is 0. The van der Waals surface area contributed by atoms with Crippen LogP contribution < -0.4 is 14.8 Å². The third-order valence-corrected chi connectivity index (χ3v) is 5.68. The molecule has 0 aromatic heterocycles. The molecule has 7 heteroatoms. The van der Waals surface area contributed by atoms with Gasteiger partial charge in [-0.15, -0.1) is 0 Å². The Morgan fingerprint density at radius 3 is 2.40 bits per heavy atom. The first-order chi connectivity index (χ1) is 14.3. The van der Waals surface area contributed by atoms with Crippen LogP contribution in [0.4, 0.5) is 4.39 Å². The van der Waals surface area contributed by atoms with E-state index in [-0.39, 0.29) is 23.4 Å². The Morgan fingerprint density at radius 2 is 1.80 bits per heavy atom. The van der Waals surface area contributed by atoms with Crippen LogP contribution in [0, 0.1) is 5.82 Å². The minimum atomic E-state index is -0.812. The zero-order valence-corrected chi connectivity index (χ0v) is 17.9. The molecule has 0 fully saturated rings. The molecule has 0 saturated carbocycles. The van der Waals surface area contributed by atoms with Gasteiger partial charge in [-0.1, -0.05) is 25.1 Å². The molecule has 2 aromatic rings. The summed E-state index contributed by atoms with van der Waals surface area (Å²) in [6, 6.07) is 8.59. The summed E-state index contributed by atoms with van der Waals surface area (Å²) in [5, 5.41) is 2.99. The molecule has 0 spiro atoms. The van der Waals surface area contributed by atoms with Crippen molar-refractivity contribution in [1.82, 2.24) is 10.2 Å². The Balaban J connectivity index is 2.24. The predicted octanol–water partition coefficient (Wildman–Crippen LogP) is 3.67. The molecule has 1 N–H and O–H groups in total. The molecule has 1 heterocycles. The number of hydrogen-bond acceptors (Lipinski definition) is 4. The zero-order chi connectivity index (χ0) is 22.0. The smallest absolute Gasteiger partial charge is 0.254 e. The number of carbonyl (C=O) groups is 2. The summed E-state index contributed by atoms with van der Waals surface area (Å²) in [4.78, 5) is 28.0. The molecule has 2 amide bonds. The van der Waals surface area contributed by atoms with Crippen LogP contribution >= 0.6 is 0 Å². The lowest BCUT2D eigenvalue weighted by atomic mass is 9.79. The van der Waals surface area contributed by atoms with Gasteiger partial charge >= 0.3 is 0 Å². The third kappa shape index (κ3) is 3.72. The number of likely N-dealkylation sites (N-methyl/N-ethyl adjacent to an activating group) is 1. The summed E-state index contributed by atoms with van der Waals surface area (Å²) in [5.74, 6) is -1.07. The van der Waals surface area contributed by atoms with E-state index in [0.717, 1.165) is 6.42 Å². The van der Waals surface area contributed by atoms with E-state index in [2.05, 4.69) is 5.32 Å². The average molecular weight is 414 g/mol. The average Bonchev–Trinajstić information content (AvgIpc) is 2.75. The lowest BCUT2D eigenvalue weighted by Gasteiger charge is -2.40. The molecule has 2 aromatic carbocycles. The van der Waals surface area contributed by atoms with E-state index in [4.69, 9.17) is 9.47 Å². The standard InChI is InChI=1S/C23H27FN2O4/c1-6-13(2)25-22(27)20-15-11-18(29-4)19(30-5)12-16(15)23(28)26(3)21(20)14-9-7-8-10-17(14)24/h7-13,20-21H,6H2,1-5H3,(H,25,27)/t13-,20+,21-/m0/s1. The summed E-state index contributed by atoms with van der Waals surface area (Å²) in [6.45, 7) is 3.88. The van der Waals surface area contributed by atoms with Crippen LogP contribution in [0.2, 0.25) is 0 Å². The first-order valence-electron chi connectivity index (χ1n) is 9.91. The van der Waals surface area contributed by atoms with Crippen molar-refractivity contribution in [1.29, 1.82) is 0 Å². The molecular formula is C23H27FN2O4. The third-order valence-electron chi connectivity index (χ3n) is 5.68. The maximum Gasteiger partial charge on any atom is 0.254 e. The maximum absolute atomic E-state index is 14.8. The van der Waals surface area contributed by atoms with Crippen LogP contribution in [0.25, 0.3) is 0 Å². The van der Waals surface area contributed by atoms with E-state index < -0.39 is 17.8 Å². The minimum absolute atomic E-state index is 0.0645. The van der Waals surface area contributed by atoms with Crippen molar-refractivity contribution in [3.63, 3.8) is 0 Å². The van der Waals surface area contributed by atoms with Gasteiger partial charge in [0.2, 0.25) is 5.91 Å². The predicted molar refractivity (Wildman–Crippen MR) is 111 cm³/mol. The van der Waals surface area contributed by atoms with Crippen LogP contribution in [0.3, 0.4) is 0 Å². The quantitative estimate of drug-likeness (QED) is 0.783. The lowest BCUT2D eigenvalue weighted by molar-refractivity contribution is -0.124. The SMILES string of the molecule is CC[C@H](C)NC(=O)[C@@H]1c2cc(OC)c(OC)cc2C(=O)N(C)[C@H]1c1ccccc1F. The van der Waals surface area contributed by atoms with E-state index in [0.29, 0.717) is 22.6 Å². The van der Waals surface area contributed by atoms with Crippen molar-refractivity contribution in [2.24, 2.45) is 0 Å². The number of carbonyl (C=O) groups excluding carboxylic acids is 2. The maximum atomic E-state index is 14.8. The van der Waals surface area contributed by atoms with Gasteiger partial charge < -0.3 is 19.7 Å². The number of rotatable bonds is 6. The number of ether oxygens (including phenoxy) is 2. The Hall–Kier alpha value is -3.09. The van der Waals surface area contributed by atoms with Crippen molar-refractivity contribution in [3.8, 4) is 11.5 Å². The number of fused-ring (bicyclic) bond motifs is 1. The van der Waals surface area contributed by atoms with Crippen LogP contribution in [-0.4, -0.2) is 44.0 Å². The highest BCUT2D eigenvalue weighted by Crippen LogP contribution is 2.46. The Morgan fingerprint density at radius 1 is 1.17 bits per heavy atom. The molecule has 0 aliphatic carbocycles. The monoisotopic (exact) mass is 414 g/mol. The Kier molecular flexibility index (Phi) is 6.29. The molecule has 1 aliphatic rings. The van der Waals surface area contributed by atoms with Gasteiger partial charge in [-0.2, -0.15) is 0 Å². The summed E-state index contributed by atoms with van der Waals surface area (Å²) in [5.41, 5.74) is 1.12. The van der Waals surface area contributed by atoms with Crippen LogP contribution in [0.1, 0.15) is 53.7 Å². The highest BCUT2D eigenvalue weighted by atomic mass is 19.1. The van der Waals surface area contributed by atoms with E-state index in [1.165, 1.54) is 25.2 Å². The number of halogens is 1. The van der Waals surface area contributed by atoms with Crippen molar-refractivity contribution < 1.29 is 23.5 Å². The molecule has 0 bridgehead atoms. The number of methoxy groups -OCH3 is 2. The molecule has 6 nitrogen and oxygen atoms in total. The summed E-state index contributed by atoms with van der Waals surface area (Å²) in [7, 11) is 4.56. The fourth-order valence-corrected chi connectivity index (χ4v) is 3.87. The fraction of sp³-hybridized carbons (Fsp3) is 0.391. The first kappa shape index (κ1) is 21.6. The first-order valence-corrected chi connectivity index (χ1v) is 9.91.